The quantitative estimate of drug-likeness (QED) is 0.524. The zero-order valence-electron chi connectivity index (χ0n) is 16.8. The van der Waals surface area contributed by atoms with Crippen LogP contribution in [0, 0.1) is 5.92 Å². The maximum absolute atomic E-state index is 12.4. The van der Waals surface area contributed by atoms with E-state index in [1.807, 2.05) is 22.8 Å². The molecule has 1 aromatic heterocycles. The van der Waals surface area contributed by atoms with E-state index in [2.05, 4.69) is 15.6 Å². The number of nitrogens with zero attached hydrogens (tertiary/aromatic N) is 2. The summed E-state index contributed by atoms with van der Waals surface area (Å²) in [5, 5.41) is 5.94. The van der Waals surface area contributed by atoms with Gasteiger partial charge in [0.1, 0.15) is 0 Å². The number of ether oxygens (including phenoxy) is 1. The highest BCUT2D eigenvalue weighted by molar-refractivity contribution is 6.39. The lowest BCUT2D eigenvalue weighted by Crippen LogP contribution is -2.38. The summed E-state index contributed by atoms with van der Waals surface area (Å²) in [6.07, 6.45) is 7.11. The van der Waals surface area contributed by atoms with Gasteiger partial charge >= 0.3 is 11.8 Å². The molecule has 1 fully saturated rings. The topological polar surface area (TPSA) is 85.2 Å². The number of carbonyl (C=O) groups is 2. The van der Waals surface area contributed by atoms with Crippen molar-refractivity contribution in [2.24, 2.45) is 5.92 Å². The van der Waals surface area contributed by atoms with Crippen molar-refractivity contribution in [1.29, 1.82) is 0 Å². The fourth-order valence-electron chi connectivity index (χ4n) is 3.10. The van der Waals surface area contributed by atoms with Crippen molar-refractivity contribution >= 4 is 29.1 Å². The summed E-state index contributed by atoms with van der Waals surface area (Å²) in [5.41, 5.74) is 2.25. The standard InChI is InChI=1S/C23H23ClN4O3/c24-18-8-6-17(7-9-18)21(31-14-16-4-5-16)13-26-22(29)23(30)27-19-2-1-3-20(12-19)28-11-10-25-15-28/h1-3,6-12,15-16,21H,4-5,13-14H2,(H,26,29)(H,27,30). The maximum atomic E-state index is 12.4. The molecule has 1 heterocycles. The average molecular weight is 439 g/mol. The number of imidazole rings is 1. The highest BCUT2D eigenvalue weighted by atomic mass is 35.5. The van der Waals surface area contributed by atoms with E-state index >= 15 is 0 Å². The number of halogens is 1. The molecular formula is C23H23ClN4O3. The molecule has 1 aliphatic rings. The smallest absolute Gasteiger partial charge is 0.313 e. The summed E-state index contributed by atoms with van der Waals surface area (Å²) in [6.45, 7) is 0.825. The van der Waals surface area contributed by atoms with Gasteiger partial charge in [-0.3, -0.25) is 9.59 Å². The number of anilines is 1. The van der Waals surface area contributed by atoms with Crippen molar-refractivity contribution in [3.05, 3.63) is 77.8 Å². The van der Waals surface area contributed by atoms with Gasteiger partial charge in [-0.2, -0.15) is 0 Å². The fraction of sp³-hybridized carbons (Fsp3) is 0.261. The van der Waals surface area contributed by atoms with E-state index in [0.29, 0.717) is 23.2 Å². The van der Waals surface area contributed by atoms with Crippen LogP contribution in [-0.4, -0.2) is 34.5 Å². The summed E-state index contributed by atoms with van der Waals surface area (Å²) >= 11 is 5.98. The Morgan fingerprint density at radius 3 is 2.68 bits per heavy atom. The normalized spacial score (nSPS) is 14.1. The number of amides is 2. The molecule has 2 amide bonds. The molecule has 7 nitrogen and oxygen atoms in total. The van der Waals surface area contributed by atoms with Gasteiger partial charge in [0.25, 0.3) is 0 Å². The van der Waals surface area contributed by atoms with Crippen molar-refractivity contribution in [3.8, 4) is 5.69 Å². The molecule has 160 valence electrons. The third-order valence-corrected chi connectivity index (χ3v) is 5.28. The third kappa shape index (κ3) is 5.93. The Balaban J connectivity index is 1.35. The molecule has 3 aromatic rings. The second-order valence-electron chi connectivity index (χ2n) is 7.50. The number of aromatic nitrogens is 2. The Kier molecular flexibility index (Phi) is 6.64. The third-order valence-electron chi connectivity index (χ3n) is 5.03. The average Bonchev–Trinajstić information content (AvgIpc) is 3.44. The zero-order chi connectivity index (χ0) is 21.6. The van der Waals surface area contributed by atoms with Crippen LogP contribution in [0.3, 0.4) is 0 Å². The molecule has 31 heavy (non-hydrogen) atoms. The van der Waals surface area contributed by atoms with Gasteiger partial charge < -0.3 is 19.9 Å². The molecule has 0 radical (unpaired) electrons. The lowest BCUT2D eigenvalue weighted by Gasteiger charge is -2.19. The molecule has 1 saturated carbocycles. The molecule has 2 aromatic carbocycles. The van der Waals surface area contributed by atoms with Crippen molar-refractivity contribution in [3.63, 3.8) is 0 Å². The molecule has 1 atom stereocenters. The SMILES string of the molecule is O=C(NCC(OCC1CC1)c1ccc(Cl)cc1)C(=O)Nc1cccc(-n2ccnc2)c1. The summed E-state index contributed by atoms with van der Waals surface area (Å²) in [6, 6.07) is 14.5. The highest BCUT2D eigenvalue weighted by Crippen LogP contribution is 2.31. The number of benzene rings is 2. The molecule has 1 unspecified atom stereocenters. The molecule has 0 aliphatic heterocycles. The molecular weight excluding hydrogens is 416 g/mol. The van der Waals surface area contributed by atoms with Gasteiger partial charge in [-0.15, -0.1) is 0 Å². The van der Waals surface area contributed by atoms with Crippen LogP contribution < -0.4 is 10.6 Å². The van der Waals surface area contributed by atoms with Crippen molar-refractivity contribution in [2.75, 3.05) is 18.5 Å². The first-order valence-corrected chi connectivity index (χ1v) is 10.5. The summed E-state index contributed by atoms with van der Waals surface area (Å²) in [5.74, 6) is -0.876. The van der Waals surface area contributed by atoms with Crippen LogP contribution in [0.1, 0.15) is 24.5 Å². The van der Waals surface area contributed by atoms with Crippen LogP contribution in [0.25, 0.3) is 5.69 Å². The fourth-order valence-corrected chi connectivity index (χ4v) is 3.22. The number of carbonyl (C=O) groups excluding carboxylic acids is 2. The van der Waals surface area contributed by atoms with Gasteiger partial charge in [-0.25, -0.2) is 4.98 Å². The highest BCUT2D eigenvalue weighted by Gasteiger charge is 2.24. The van der Waals surface area contributed by atoms with Crippen molar-refractivity contribution < 1.29 is 14.3 Å². The van der Waals surface area contributed by atoms with Crippen LogP contribution in [0.5, 0.6) is 0 Å². The Bertz CT molecular complexity index is 1030. The number of hydrogen-bond acceptors (Lipinski definition) is 4. The number of rotatable bonds is 8. The molecule has 8 heteroatoms. The number of nitrogens with one attached hydrogen (secondary N) is 2. The molecule has 2 N–H and O–H groups in total. The van der Waals surface area contributed by atoms with Crippen molar-refractivity contribution in [1.82, 2.24) is 14.9 Å². The molecule has 4 rings (SSSR count). The minimum atomic E-state index is -0.736. The predicted octanol–water partition coefficient (Wildman–Crippen LogP) is 3.75. The van der Waals surface area contributed by atoms with E-state index in [9.17, 15) is 9.59 Å². The lowest BCUT2D eigenvalue weighted by molar-refractivity contribution is -0.136. The van der Waals surface area contributed by atoms with Gasteiger partial charge in [0.2, 0.25) is 0 Å². The predicted molar refractivity (Wildman–Crippen MR) is 118 cm³/mol. The van der Waals surface area contributed by atoms with Crippen molar-refractivity contribution in [2.45, 2.75) is 18.9 Å². The van der Waals surface area contributed by atoms with Gasteiger partial charge in [0.05, 0.1) is 19.0 Å². The Labute approximate surface area is 185 Å². The van der Waals surface area contributed by atoms with Crippen LogP contribution in [0.15, 0.2) is 67.3 Å². The second-order valence-corrected chi connectivity index (χ2v) is 7.94. The molecule has 1 aliphatic carbocycles. The first kappa shape index (κ1) is 21.1. The van der Waals surface area contributed by atoms with E-state index in [-0.39, 0.29) is 12.6 Å². The van der Waals surface area contributed by atoms with Gasteiger partial charge in [-0.05, 0) is 54.7 Å². The Morgan fingerprint density at radius 2 is 1.97 bits per heavy atom. The zero-order valence-corrected chi connectivity index (χ0v) is 17.6. The van der Waals surface area contributed by atoms with Gasteiger partial charge in [0, 0.05) is 35.3 Å². The van der Waals surface area contributed by atoms with Gasteiger partial charge in [0.15, 0.2) is 0 Å². The van der Waals surface area contributed by atoms with E-state index in [1.165, 1.54) is 12.8 Å². The van der Waals surface area contributed by atoms with Crippen LogP contribution >= 0.6 is 11.6 Å². The first-order chi connectivity index (χ1) is 15.1. The minimum Gasteiger partial charge on any atom is -0.371 e. The number of hydrogen-bond donors (Lipinski definition) is 2. The lowest BCUT2D eigenvalue weighted by atomic mass is 10.1. The molecule has 0 saturated heterocycles. The Hall–Kier alpha value is -3.16. The van der Waals surface area contributed by atoms with Gasteiger partial charge in [-0.1, -0.05) is 29.8 Å². The summed E-state index contributed by atoms with van der Waals surface area (Å²) in [7, 11) is 0. The van der Waals surface area contributed by atoms with Crippen LogP contribution in [0.2, 0.25) is 5.02 Å². The molecule has 0 bridgehead atoms. The Morgan fingerprint density at radius 1 is 1.16 bits per heavy atom. The maximum Gasteiger partial charge on any atom is 0.313 e. The largest absolute Gasteiger partial charge is 0.371 e. The van der Waals surface area contributed by atoms with Crippen LogP contribution in [-0.2, 0) is 14.3 Å². The second kappa shape index (κ2) is 9.76. The van der Waals surface area contributed by atoms with E-state index < -0.39 is 11.8 Å². The molecule has 0 spiro atoms. The van der Waals surface area contributed by atoms with E-state index in [0.717, 1.165) is 11.3 Å². The minimum absolute atomic E-state index is 0.190. The summed E-state index contributed by atoms with van der Waals surface area (Å²) < 4.78 is 7.81. The summed E-state index contributed by atoms with van der Waals surface area (Å²) in [4.78, 5) is 28.8. The van der Waals surface area contributed by atoms with Crippen LogP contribution in [0.4, 0.5) is 5.69 Å². The first-order valence-electron chi connectivity index (χ1n) is 10.1. The van der Waals surface area contributed by atoms with E-state index in [1.54, 1.807) is 49.1 Å². The van der Waals surface area contributed by atoms with E-state index in [4.69, 9.17) is 16.3 Å². The monoisotopic (exact) mass is 438 g/mol.